The summed E-state index contributed by atoms with van der Waals surface area (Å²) < 4.78 is 0. The number of piperidine rings is 1. The van der Waals surface area contributed by atoms with Crippen molar-refractivity contribution < 1.29 is 9.59 Å². The molecule has 1 aromatic carbocycles. The monoisotopic (exact) mass is 408 g/mol. The summed E-state index contributed by atoms with van der Waals surface area (Å²) in [6.07, 6.45) is 9.65. The molecule has 2 aromatic rings. The zero-order valence-corrected chi connectivity index (χ0v) is 17.5. The van der Waals surface area contributed by atoms with E-state index in [0.717, 1.165) is 51.0 Å². The van der Waals surface area contributed by atoms with E-state index >= 15 is 0 Å². The molecule has 1 aliphatic heterocycles. The number of amides is 2. The summed E-state index contributed by atoms with van der Waals surface area (Å²) in [6, 6.07) is 12.0. The summed E-state index contributed by atoms with van der Waals surface area (Å²) in [5, 5.41) is 6.23. The Morgan fingerprint density at radius 1 is 1.00 bits per heavy atom. The van der Waals surface area contributed by atoms with Crippen LogP contribution in [0.2, 0.25) is 0 Å². The molecule has 1 aromatic heterocycles. The summed E-state index contributed by atoms with van der Waals surface area (Å²) in [6.45, 7) is 2.70. The maximum Gasteiger partial charge on any atom is 0.272 e. The predicted octanol–water partition coefficient (Wildman–Crippen LogP) is 3.93. The SMILES string of the molecule is O=C(Nc1cccc(CN2CCC(C(=O)NC3CCCCC3)CC2)c1)c1ccc[nH]1. The van der Waals surface area contributed by atoms with E-state index in [2.05, 4.69) is 26.6 Å². The van der Waals surface area contributed by atoms with E-state index in [1.54, 1.807) is 12.3 Å². The minimum absolute atomic E-state index is 0.137. The average Bonchev–Trinajstić information content (AvgIpc) is 3.30. The summed E-state index contributed by atoms with van der Waals surface area (Å²) in [4.78, 5) is 30.2. The van der Waals surface area contributed by atoms with Crippen molar-refractivity contribution >= 4 is 17.5 Å². The van der Waals surface area contributed by atoms with Gasteiger partial charge in [-0.05, 0) is 68.6 Å². The van der Waals surface area contributed by atoms with Gasteiger partial charge in [0.1, 0.15) is 5.69 Å². The van der Waals surface area contributed by atoms with E-state index in [4.69, 9.17) is 0 Å². The van der Waals surface area contributed by atoms with Gasteiger partial charge in [0, 0.05) is 30.4 Å². The first-order chi connectivity index (χ1) is 14.7. The van der Waals surface area contributed by atoms with Gasteiger partial charge in [-0.15, -0.1) is 0 Å². The van der Waals surface area contributed by atoms with Crippen molar-refractivity contribution in [3.8, 4) is 0 Å². The van der Waals surface area contributed by atoms with Crippen LogP contribution in [0, 0.1) is 5.92 Å². The highest BCUT2D eigenvalue weighted by molar-refractivity contribution is 6.02. The Balaban J connectivity index is 1.24. The molecule has 1 saturated carbocycles. The van der Waals surface area contributed by atoms with Crippen molar-refractivity contribution in [2.24, 2.45) is 5.92 Å². The first-order valence-corrected chi connectivity index (χ1v) is 11.2. The Labute approximate surface area is 178 Å². The molecule has 6 heteroatoms. The fraction of sp³-hybridized carbons (Fsp3) is 0.500. The molecule has 6 nitrogen and oxygen atoms in total. The fourth-order valence-electron chi connectivity index (χ4n) is 4.59. The van der Waals surface area contributed by atoms with Gasteiger partial charge < -0.3 is 15.6 Å². The molecule has 2 fully saturated rings. The van der Waals surface area contributed by atoms with Gasteiger partial charge in [-0.1, -0.05) is 31.4 Å². The first-order valence-electron chi connectivity index (χ1n) is 11.2. The molecule has 1 saturated heterocycles. The Hall–Kier alpha value is -2.60. The van der Waals surface area contributed by atoms with Gasteiger partial charge in [-0.3, -0.25) is 14.5 Å². The van der Waals surface area contributed by atoms with Crippen molar-refractivity contribution in [2.75, 3.05) is 18.4 Å². The van der Waals surface area contributed by atoms with Crippen LogP contribution < -0.4 is 10.6 Å². The van der Waals surface area contributed by atoms with E-state index in [1.165, 1.54) is 24.8 Å². The second-order valence-corrected chi connectivity index (χ2v) is 8.63. The van der Waals surface area contributed by atoms with E-state index in [0.29, 0.717) is 11.7 Å². The predicted molar refractivity (Wildman–Crippen MR) is 118 cm³/mol. The van der Waals surface area contributed by atoms with Crippen molar-refractivity contribution in [3.63, 3.8) is 0 Å². The highest BCUT2D eigenvalue weighted by Gasteiger charge is 2.27. The molecule has 0 atom stereocenters. The van der Waals surface area contributed by atoms with Gasteiger partial charge >= 0.3 is 0 Å². The Bertz CT molecular complexity index is 835. The topological polar surface area (TPSA) is 77.2 Å². The lowest BCUT2D eigenvalue weighted by Gasteiger charge is -2.32. The molecule has 0 spiro atoms. The molecule has 30 heavy (non-hydrogen) atoms. The molecular weight excluding hydrogens is 376 g/mol. The number of aromatic nitrogens is 1. The molecule has 1 aliphatic carbocycles. The van der Waals surface area contributed by atoms with Crippen molar-refractivity contribution in [1.82, 2.24) is 15.2 Å². The molecule has 3 N–H and O–H groups in total. The summed E-state index contributed by atoms with van der Waals surface area (Å²) in [5.74, 6) is 0.270. The number of anilines is 1. The smallest absolute Gasteiger partial charge is 0.272 e. The highest BCUT2D eigenvalue weighted by atomic mass is 16.2. The third-order valence-corrected chi connectivity index (χ3v) is 6.34. The van der Waals surface area contributed by atoms with E-state index < -0.39 is 0 Å². The number of nitrogens with one attached hydrogen (secondary N) is 3. The lowest BCUT2D eigenvalue weighted by atomic mass is 9.92. The largest absolute Gasteiger partial charge is 0.357 e. The maximum absolute atomic E-state index is 12.6. The van der Waals surface area contributed by atoms with Crippen LogP contribution in [0.1, 0.15) is 61.0 Å². The summed E-state index contributed by atoms with van der Waals surface area (Å²) >= 11 is 0. The van der Waals surface area contributed by atoms with Crippen LogP contribution in [0.15, 0.2) is 42.6 Å². The number of aromatic amines is 1. The molecule has 0 unspecified atom stereocenters. The minimum Gasteiger partial charge on any atom is -0.357 e. The Kier molecular flexibility index (Phi) is 6.84. The van der Waals surface area contributed by atoms with Crippen LogP contribution in [-0.2, 0) is 11.3 Å². The van der Waals surface area contributed by atoms with Crippen LogP contribution in [0.5, 0.6) is 0 Å². The number of benzene rings is 1. The van der Waals surface area contributed by atoms with Gasteiger partial charge in [-0.2, -0.15) is 0 Å². The van der Waals surface area contributed by atoms with Crippen LogP contribution in [0.4, 0.5) is 5.69 Å². The van der Waals surface area contributed by atoms with Crippen LogP contribution >= 0.6 is 0 Å². The van der Waals surface area contributed by atoms with Gasteiger partial charge in [0.15, 0.2) is 0 Å². The number of carbonyl (C=O) groups is 2. The van der Waals surface area contributed by atoms with Crippen molar-refractivity contribution in [2.45, 2.75) is 57.5 Å². The van der Waals surface area contributed by atoms with Gasteiger partial charge in [0.2, 0.25) is 5.91 Å². The number of H-pyrrole nitrogens is 1. The van der Waals surface area contributed by atoms with Crippen LogP contribution in [0.25, 0.3) is 0 Å². The zero-order chi connectivity index (χ0) is 20.8. The quantitative estimate of drug-likeness (QED) is 0.678. The lowest BCUT2D eigenvalue weighted by Crippen LogP contribution is -2.44. The van der Waals surface area contributed by atoms with Gasteiger partial charge in [0.25, 0.3) is 5.91 Å². The first kappa shape index (κ1) is 20.7. The van der Waals surface area contributed by atoms with E-state index in [-0.39, 0.29) is 17.7 Å². The molecule has 2 amide bonds. The number of nitrogens with zero attached hydrogens (tertiary/aromatic N) is 1. The Morgan fingerprint density at radius 3 is 2.53 bits per heavy atom. The molecule has 4 rings (SSSR count). The number of carbonyl (C=O) groups excluding carboxylic acids is 2. The minimum atomic E-state index is -0.137. The van der Waals surface area contributed by atoms with Gasteiger partial charge in [0.05, 0.1) is 0 Å². The molecule has 2 aliphatic rings. The summed E-state index contributed by atoms with van der Waals surface area (Å²) in [7, 11) is 0. The number of rotatable bonds is 6. The van der Waals surface area contributed by atoms with E-state index in [9.17, 15) is 9.59 Å². The van der Waals surface area contributed by atoms with E-state index in [1.807, 2.05) is 24.3 Å². The third-order valence-electron chi connectivity index (χ3n) is 6.34. The number of likely N-dealkylation sites (tertiary alicyclic amines) is 1. The highest BCUT2D eigenvalue weighted by Crippen LogP contribution is 2.23. The second-order valence-electron chi connectivity index (χ2n) is 8.63. The van der Waals surface area contributed by atoms with Crippen molar-refractivity contribution in [1.29, 1.82) is 0 Å². The molecular formula is C24H32N4O2. The van der Waals surface area contributed by atoms with Crippen LogP contribution in [-0.4, -0.2) is 40.8 Å². The zero-order valence-electron chi connectivity index (χ0n) is 17.5. The fourth-order valence-corrected chi connectivity index (χ4v) is 4.59. The number of hydrogen-bond donors (Lipinski definition) is 3. The summed E-state index contributed by atoms with van der Waals surface area (Å²) in [5.41, 5.74) is 2.52. The molecule has 0 radical (unpaired) electrons. The maximum atomic E-state index is 12.6. The molecule has 0 bridgehead atoms. The standard InChI is InChI=1S/C24H32N4O2/c29-23(26-20-7-2-1-3-8-20)19-11-14-28(15-12-19)17-18-6-4-9-21(16-18)27-24(30)22-10-5-13-25-22/h4-6,9-10,13,16,19-20,25H,1-3,7-8,11-12,14-15,17H2,(H,26,29)(H,27,30). The van der Waals surface area contributed by atoms with Crippen LogP contribution in [0.3, 0.4) is 0 Å². The number of hydrogen-bond acceptors (Lipinski definition) is 3. The normalized spacial score (nSPS) is 18.8. The molecule has 160 valence electrons. The third kappa shape index (κ3) is 5.51. The average molecular weight is 409 g/mol. The van der Waals surface area contributed by atoms with Crippen molar-refractivity contribution in [3.05, 3.63) is 53.9 Å². The Morgan fingerprint density at radius 2 is 1.80 bits per heavy atom. The lowest BCUT2D eigenvalue weighted by molar-refractivity contribution is -0.127. The van der Waals surface area contributed by atoms with Gasteiger partial charge in [-0.25, -0.2) is 0 Å². The second kappa shape index (κ2) is 9.94. The molecule has 2 heterocycles.